The van der Waals surface area contributed by atoms with Crippen LogP contribution in [0.25, 0.3) is 0 Å². The van der Waals surface area contributed by atoms with E-state index in [2.05, 4.69) is 5.32 Å². The number of likely N-dealkylation sites (tertiary alicyclic amines) is 1. The molecule has 0 radical (unpaired) electrons. The molecule has 0 aromatic rings. The average Bonchev–Trinajstić information content (AvgIpc) is 1.98. The SMILES string of the molecule is CNC(=O)N1CC(N)C1=O. The Morgan fingerprint density at radius 3 is 2.80 bits per heavy atom. The molecule has 5 heteroatoms. The van der Waals surface area contributed by atoms with E-state index in [1.165, 1.54) is 7.05 Å². The minimum atomic E-state index is -0.475. The number of amides is 3. The van der Waals surface area contributed by atoms with Crippen molar-refractivity contribution in [3.05, 3.63) is 0 Å². The average molecular weight is 143 g/mol. The molecule has 1 aliphatic heterocycles. The van der Waals surface area contributed by atoms with E-state index < -0.39 is 6.04 Å². The van der Waals surface area contributed by atoms with E-state index in [9.17, 15) is 9.59 Å². The summed E-state index contributed by atoms with van der Waals surface area (Å²) < 4.78 is 0. The van der Waals surface area contributed by atoms with Crippen LogP contribution in [-0.4, -0.2) is 36.5 Å². The summed E-state index contributed by atoms with van der Waals surface area (Å²) in [6.45, 7) is 0.332. The summed E-state index contributed by atoms with van der Waals surface area (Å²) in [6, 6.07) is -0.857. The van der Waals surface area contributed by atoms with Crippen LogP contribution in [0.1, 0.15) is 0 Å². The molecular weight excluding hydrogens is 134 g/mol. The van der Waals surface area contributed by atoms with Gasteiger partial charge in [-0.15, -0.1) is 0 Å². The second kappa shape index (κ2) is 2.26. The van der Waals surface area contributed by atoms with Crippen LogP contribution in [0, 0.1) is 0 Å². The molecule has 10 heavy (non-hydrogen) atoms. The zero-order chi connectivity index (χ0) is 7.72. The molecule has 1 saturated heterocycles. The Hall–Kier alpha value is -1.10. The van der Waals surface area contributed by atoms with Crippen LogP contribution in [0.3, 0.4) is 0 Å². The lowest BCUT2D eigenvalue weighted by atomic mass is 10.1. The maximum absolute atomic E-state index is 10.7. The van der Waals surface area contributed by atoms with Crippen molar-refractivity contribution < 1.29 is 9.59 Å². The van der Waals surface area contributed by atoms with Crippen molar-refractivity contribution in [2.24, 2.45) is 5.73 Å². The lowest BCUT2D eigenvalue weighted by Crippen LogP contribution is -2.64. The standard InChI is InChI=1S/C5H9N3O2/c1-7-5(10)8-2-3(6)4(8)9/h3H,2,6H2,1H3,(H,7,10). The first-order valence-corrected chi connectivity index (χ1v) is 2.95. The molecule has 5 nitrogen and oxygen atoms in total. The van der Waals surface area contributed by atoms with Crippen LogP contribution in [0.5, 0.6) is 0 Å². The highest BCUT2D eigenvalue weighted by molar-refractivity contribution is 6.01. The largest absolute Gasteiger partial charge is 0.341 e. The fourth-order valence-electron chi connectivity index (χ4n) is 0.770. The second-order valence-electron chi connectivity index (χ2n) is 2.11. The number of carbonyl (C=O) groups is 2. The summed E-state index contributed by atoms with van der Waals surface area (Å²) in [5.41, 5.74) is 5.23. The van der Waals surface area contributed by atoms with Crippen molar-refractivity contribution in [1.82, 2.24) is 10.2 Å². The molecular formula is C5H9N3O2. The van der Waals surface area contributed by atoms with Crippen molar-refractivity contribution in [3.8, 4) is 0 Å². The van der Waals surface area contributed by atoms with E-state index >= 15 is 0 Å². The molecule has 1 fully saturated rings. The van der Waals surface area contributed by atoms with Crippen molar-refractivity contribution in [2.75, 3.05) is 13.6 Å². The van der Waals surface area contributed by atoms with Gasteiger partial charge in [0, 0.05) is 7.05 Å². The number of rotatable bonds is 0. The number of β-lactam (4-membered cyclic amide) rings is 1. The van der Waals surface area contributed by atoms with Crippen LogP contribution in [0.15, 0.2) is 0 Å². The minimum Gasteiger partial charge on any atom is -0.341 e. The maximum Gasteiger partial charge on any atom is 0.323 e. The van der Waals surface area contributed by atoms with Gasteiger partial charge >= 0.3 is 6.03 Å². The molecule has 0 aromatic heterocycles. The number of nitrogens with two attached hydrogens (primary N) is 1. The molecule has 0 spiro atoms. The molecule has 0 aliphatic carbocycles. The zero-order valence-electron chi connectivity index (χ0n) is 5.63. The van der Waals surface area contributed by atoms with E-state index in [0.717, 1.165) is 4.90 Å². The van der Waals surface area contributed by atoms with Gasteiger partial charge in [0.05, 0.1) is 6.54 Å². The molecule has 1 unspecified atom stereocenters. The first-order chi connectivity index (χ1) is 4.66. The van der Waals surface area contributed by atoms with Crippen molar-refractivity contribution >= 4 is 11.9 Å². The first kappa shape index (κ1) is 7.01. The number of urea groups is 1. The first-order valence-electron chi connectivity index (χ1n) is 2.95. The van der Waals surface area contributed by atoms with Gasteiger partial charge in [0.2, 0.25) is 5.91 Å². The maximum atomic E-state index is 10.7. The summed E-state index contributed by atoms with van der Waals surface area (Å²) in [5, 5.41) is 2.33. The number of carbonyl (C=O) groups excluding carboxylic acids is 2. The molecule has 0 bridgehead atoms. The quantitative estimate of drug-likeness (QED) is 0.405. The van der Waals surface area contributed by atoms with E-state index in [1.54, 1.807) is 0 Å². The summed E-state index contributed by atoms with van der Waals surface area (Å²) in [7, 11) is 1.47. The van der Waals surface area contributed by atoms with Crippen LogP contribution in [0.2, 0.25) is 0 Å². The van der Waals surface area contributed by atoms with Gasteiger partial charge in [-0.25, -0.2) is 4.79 Å². The third kappa shape index (κ3) is 0.841. The topological polar surface area (TPSA) is 75.4 Å². The Kier molecular flexibility index (Phi) is 1.58. The number of hydrogen-bond acceptors (Lipinski definition) is 3. The predicted molar refractivity (Wildman–Crippen MR) is 34.1 cm³/mol. The second-order valence-corrected chi connectivity index (χ2v) is 2.11. The summed E-state index contributed by atoms with van der Waals surface area (Å²) >= 11 is 0. The molecule has 1 rings (SSSR count). The Labute approximate surface area is 58.2 Å². The molecule has 1 heterocycles. The van der Waals surface area contributed by atoms with Crippen LogP contribution in [0.4, 0.5) is 4.79 Å². The predicted octanol–water partition coefficient (Wildman–Crippen LogP) is -1.50. The highest BCUT2D eigenvalue weighted by Gasteiger charge is 2.37. The van der Waals surface area contributed by atoms with Gasteiger partial charge in [-0.05, 0) is 0 Å². The van der Waals surface area contributed by atoms with Gasteiger partial charge in [-0.1, -0.05) is 0 Å². The van der Waals surface area contributed by atoms with Crippen molar-refractivity contribution in [1.29, 1.82) is 0 Å². The Balaban J connectivity index is 2.48. The third-order valence-electron chi connectivity index (χ3n) is 1.42. The lowest BCUT2D eigenvalue weighted by molar-refractivity contribution is -0.137. The smallest absolute Gasteiger partial charge is 0.323 e. The normalized spacial score (nSPS) is 24.0. The molecule has 3 amide bonds. The van der Waals surface area contributed by atoms with Gasteiger partial charge in [0.25, 0.3) is 0 Å². The number of hydrogen-bond donors (Lipinski definition) is 2. The molecule has 1 atom stereocenters. The Morgan fingerprint density at radius 1 is 1.90 bits per heavy atom. The Bertz CT molecular complexity index is 172. The van der Waals surface area contributed by atoms with Gasteiger partial charge in [-0.2, -0.15) is 0 Å². The number of nitrogens with zero attached hydrogens (tertiary/aromatic N) is 1. The van der Waals surface area contributed by atoms with Crippen LogP contribution >= 0.6 is 0 Å². The highest BCUT2D eigenvalue weighted by Crippen LogP contribution is 2.06. The number of imide groups is 1. The van der Waals surface area contributed by atoms with E-state index in [1.807, 2.05) is 0 Å². The fraction of sp³-hybridized carbons (Fsp3) is 0.600. The molecule has 0 aromatic carbocycles. The monoisotopic (exact) mass is 143 g/mol. The van der Waals surface area contributed by atoms with Gasteiger partial charge in [-0.3, -0.25) is 9.69 Å². The molecule has 1 aliphatic rings. The summed E-state index contributed by atoms with van der Waals surface area (Å²) in [6.07, 6.45) is 0. The number of nitrogens with one attached hydrogen (secondary N) is 1. The van der Waals surface area contributed by atoms with Gasteiger partial charge in [0.15, 0.2) is 0 Å². The zero-order valence-corrected chi connectivity index (χ0v) is 5.63. The van der Waals surface area contributed by atoms with Crippen LogP contribution in [-0.2, 0) is 4.79 Å². The molecule has 56 valence electrons. The van der Waals surface area contributed by atoms with Gasteiger partial charge in [0.1, 0.15) is 6.04 Å². The van der Waals surface area contributed by atoms with Crippen molar-refractivity contribution in [2.45, 2.75) is 6.04 Å². The van der Waals surface area contributed by atoms with E-state index in [-0.39, 0.29) is 11.9 Å². The Morgan fingerprint density at radius 2 is 2.50 bits per heavy atom. The van der Waals surface area contributed by atoms with E-state index in [4.69, 9.17) is 5.73 Å². The third-order valence-corrected chi connectivity index (χ3v) is 1.42. The summed E-state index contributed by atoms with van der Waals surface area (Å²) in [5.74, 6) is -0.306. The molecule has 3 N–H and O–H groups in total. The highest BCUT2D eigenvalue weighted by atomic mass is 16.2. The van der Waals surface area contributed by atoms with E-state index in [0.29, 0.717) is 6.54 Å². The fourth-order valence-corrected chi connectivity index (χ4v) is 0.770. The van der Waals surface area contributed by atoms with Crippen molar-refractivity contribution in [3.63, 3.8) is 0 Å². The van der Waals surface area contributed by atoms with Gasteiger partial charge < -0.3 is 11.1 Å². The van der Waals surface area contributed by atoms with Crippen LogP contribution < -0.4 is 11.1 Å². The summed E-state index contributed by atoms with van der Waals surface area (Å²) in [4.78, 5) is 22.5. The minimum absolute atomic E-state index is 0.306. The molecule has 0 saturated carbocycles. The lowest BCUT2D eigenvalue weighted by Gasteiger charge is -2.33.